The maximum absolute atomic E-state index is 13.9. The Morgan fingerprint density at radius 3 is 2.62 bits per heavy atom. The van der Waals surface area contributed by atoms with Gasteiger partial charge in [-0.2, -0.15) is 0 Å². The van der Waals surface area contributed by atoms with Crippen LogP contribution in [0.5, 0.6) is 5.75 Å². The van der Waals surface area contributed by atoms with Gasteiger partial charge in [0.15, 0.2) is 5.16 Å². The van der Waals surface area contributed by atoms with Gasteiger partial charge in [-0.1, -0.05) is 25.1 Å². The number of benzene rings is 1. The second kappa shape index (κ2) is 10.1. The molecule has 0 atom stereocenters. The molecule has 0 bridgehead atoms. The summed E-state index contributed by atoms with van der Waals surface area (Å²) in [4.78, 5) is 35.9. The normalized spacial score (nSPS) is 16.9. The van der Waals surface area contributed by atoms with Gasteiger partial charge in [0.2, 0.25) is 5.91 Å². The number of aryl methyl sites for hydroxylation is 2. The second-order valence-corrected chi connectivity index (χ2v) is 11.4. The predicted molar refractivity (Wildman–Crippen MR) is 139 cm³/mol. The first-order chi connectivity index (χ1) is 16.5. The maximum atomic E-state index is 13.9. The summed E-state index contributed by atoms with van der Waals surface area (Å²) in [5.41, 5.74) is 1.90. The number of rotatable bonds is 5. The van der Waals surface area contributed by atoms with E-state index in [4.69, 9.17) is 9.72 Å². The molecule has 3 heterocycles. The number of nitrogens with zero attached hydrogens (tertiary/aromatic N) is 3. The topological polar surface area (TPSA) is 64.4 Å². The Kier molecular flexibility index (Phi) is 6.97. The van der Waals surface area contributed by atoms with Gasteiger partial charge < -0.3 is 9.64 Å². The maximum Gasteiger partial charge on any atom is 0.267 e. The summed E-state index contributed by atoms with van der Waals surface area (Å²) in [6.45, 7) is 3.87. The lowest BCUT2D eigenvalue weighted by Gasteiger charge is -2.30. The number of carbonyl (C=O) groups excluding carboxylic acids is 1. The zero-order valence-electron chi connectivity index (χ0n) is 19.8. The summed E-state index contributed by atoms with van der Waals surface area (Å²) in [7, 11) is 1.63. The standard InChI is InChI=1S/C26H31N3O3S2/c1-17-12-14-28(15-13-17)22(30)16-33-26-27-24-23(20-6-4-3-5-7-21(20)34-24)25(31)29(26)18-8-10-19(32-2)11-9-18/h8-11,17H,3-7,12-16H2,1-2H3. The highest BCUT2D eigenvalue weighted by atomic mass is 32.2. The summed E-state index contributed by atoms with van der Waals surface area (Å²) < 4.78 is 7.00. The lowest BCUT2D eigenvalue weighted by Crippen LogP contribution is -2.39. The highest BCUT2D eigenvalue weighted by Gasteiger charge is 2.24. The molecule has 0 N–H and O–H groups in total. The average molecular weight is 498 g/mol. The van der Waals surface area contributed by atoms with Gasteiger partial charge in [0.05, 0.1) is 23.9 Å². The van der Waals surface area contributed by atoms with E-state index >= 15 is 0 Å². The van der Waals surface area contributed by atoms with Crippen LogP contribution in [0.25, 0.3) is 15.9 Å². The Morgan fingerprint density at radius 2 is 1.88 bits per heavy atom. The van der Waals surface area contributed by atoms with Crippen LogP contribution >= 0.6 is 23.1 Å². The zero-order chi connectivity index (χ0) is 23.7. The number of amides is 1. The molecule has 5 rings (SSSR count). The van der Waals surface area contributed by atoms with Crippen molar-refractivity contribution in [2.24, 2.45) is 5.92 Å². The van der Waals surface area contributed by atoms with E-state index in [0.29, 0.717) is 11.1 Å². The molecule has 34 heavy (non-hydrogen) atoms. The number of hydrogen-bond donors (Lipinski definition) is 0. The van der Waals surface area contributed by atoms with Crippen molar-refractivity contribution in [3.05, 3.63) is 45.1 Å². The van der Waals surface area contributed by atoms with Crippen LogP contribution in [0.15, 0.2) is 34.2 Å². The van der Waals surface area contributed by atoms with Crippen LogP contribution in [0.1, 0.15) is 49.5 Å². The number of carbonyl (C=O) groups is 1. The van der Waals surface area contributed by atoms with Crippen LogP contribution in [0.3, 0.4) is 0 Å². The minimum Gasteiger partial charge on any atom is -0.497 e. The fourth-order valence-electron chi connectivity index (χ4n) is 4.89. The van der Waals surface area contributed by atoms with Crippen molar-refractivity contribution in [2.75, 3.05) is 26.0 Å². The second-order valence-electron chi connectivity index (χ2n) is 9.33. The molecule has 0 unspecified atom stereocenters. The molecule has 1 fully saturated rings. The van der Waals surface area contributed by atoms with Crippen LogP contribution < -0.4 is 10.3 Å². The van der Waals surface area contributed by atoms with E-state index in [1.807, 2.05) is 29.2 Å². The molecule has 1 aliphatic heterocycles. The Labute approximate surface area is 208 Å². The molecule has 1 saturated heterocycles. The monoisotopic (exact) mass is 497 g/mol. The Morgan fingerprint density at radius 1 is 1.15 bits per heavy atom. The van der Waals surface area contributed by atoms with Crippen molar-refractivity contribution >= 4 is 39.2 Å². The molecule has 0 radical (unpaired) electrons. The van der Waals surface area contributed by atoms with Crippen molar-refractivity contribution < 1.29 is 9.53 Å². The lowest BCUT2D eigenvalue weighted by atomic mass is 9.99. The van der Waals surface area contributed by atoms with Gasteiger partial charge in [-0.3, -0.25) is 14.2 Å². The van der Waals surface area contributed by atoms with Gasteiger partial charge in [-0.15, -0.1) is 11.3 Å². The molecule has 8 heteroatoms. The van der Waals surface area contributed by atoms with Crippen LogP contribution in [0.2, 0.25) is 0 Å². The zero-order valence-corrected chi connectivity index (χ0v) is 21.5. The minimum absolute atomic E-state index is 0.0312. The predicted octanol–water partition coefficient (Wildman–Crippen LogP) is 5.08. The van der Waals surface area contributed by atoms with E-state index < -0.39 is 0 Å². The van der Waals surface area contributed by atoms with E-state index in [-0.39, 0.29) is 17.2 Å². The first-order valence-electron chi connectivity index (χ1n) is 12.2. The average Bonchev–Trinajstić information content (AvgIpc) is 3.04. The van der Waals surface area contributed by atoms with E-state index in [0.717, 1.165) is 73.3 Å². The van der Waals surface area contributed by atoms with E-state index in [1.54, 1.807) is 23.0 Å². The number of piperidine rings is 1. The Hall–Kier alpha value is -2.32. The van der Waals surface area contributed by atoms with Crippen molar-refractivity contribution in [3.63, 3.8) is 0 Å². The summed E-state index contributed by atoms with van der Waals surface area (Å²) >= 11 is 3.03. The van der Waals surface area contributed by atoms with Gasteiger partial charge in [0.1, 0.15) is 10.6 Å². The third-order valence-electron chi connectivity index (χ3n) is 7.00. The molecule has 180 valence electrons. The summed E-state index contributed by atoms with van der Waals surface area (Å²) in [5.74, 6) is 1.82. The van der Waals surface area contributed by atoms with E-state index in [2.05, 4.69) is 6.92 Å². The number of fused-ring (bicyclic) bond motifs is 3. The smallest absolute Gasteiger partial charge is 0.267 e. The van der Waals surface area contributed by atoms with Crippen LogP contribution in [0, 0.1) is 5.92 Å². The number of ether oxygens (including phenoxy) is 1. The summed E-state index contributed by atoms with van der Waals surface area (Å²) in [6, 6.07) is 7.48. The molecular weight excluding hydrogens is 466 g/mol. The van der Waals surface area contributed by atoms with Gasteiger partial charge in [0.25, 0.3) is 5.56 Å². The van der Waals surface area contributed by atoms with Crippen molar-refractivity contribution in [1.82, 2.24) is 14.5 Å². The van der Waals surface area contributed by atoms with Gasteiger partial charge in [0, 0.05) is 18.0 Å². The van der Waals surface area contributed by atoms with Crippen LogP contribution in [0.4, 0.5) is 0 Å². The fourth-order valence-corrected chi connectivity index (χ4v) is 7.11. The fraction of sp³-hybridized carbons (Fsp3) is 0.500. The van der Waals surface area contributed by atoms with Crippen molar-refractivity contribution in [1.29, 1.82) is 0 Å². The third kappa shape index (κ3) is 4.62. The third-order valence-corrected chi connectivity index (χ3v) is 9.11. The molecule has 1 aliphatic carbocycles. The number of thiophene rings is 1. The first-order valence-corrected chi connectivity index (χ1v) is 14.0. The summed E-state index contributed by atoms with van der Waals surface area (Å²) in [6.07, 6.45) is 7.54. The molecule has 3 aromatic rings. The quantitative estimate of drug-likeness (QED) is 0.280. The van der Waals surface area contributed by atoms with Crippen LogP contribution in [-0.2, 0) is 17.6 Å². The molecule has 2 aliphatic rings. The van der Waals surface area contributed by atoms with Crippen molar-refractivity contribution in [3.8, 4) is 11.4 Å². The Balaban J connectivity index is 1.53. The number of methoxy groups -OCH3 is 1. The molecule has 0 saturated carbocycles. The lowest BCUT2D eigenvalue weighted by molar-refractivity contribution is -0.129. The molecule has 2 aromatic heterocycles. The number of aromatic nitrogens is 2. The molecular formula is C26H31N3O3S2. The molecule has 1 amide bonds. The van der Waals surface area contributed by atoms with Crippen LogP contribution in [-0.4, -0.2) is 46.3 Å². The SMILES string of the molecule is COc1ccc(-n2c(SCC(=O)N3CCC(C)CC3)nc3sc4c(c3c2=O)CCCCC4)cc1. The largest absolute Gasteiger partial charge is 0.497 e. The highest BCUT2D eigenvalue weighted by molar-refractivity contribution is 7.99. The van der Waals surface area contributed by atoms with Crippen molar-refractivity contribution in [2.45, 2.75) is 57.0 Å². The Bertz CT molecular complexity index is 1240. The summed E-state index contributed by atoms with van der Waals surface area (Å²) in [5, 5.41) is 1.34. The van der Waals surface area contributed by atoms with Gasteiger partial charge in [-0.25, -0.2) is 4.98 Å². The van der Waals surface area contributed by atoms with E-state index in [1.165, 1.54) is 28.6 Å². The van der Waals surface area contributed by atoms with E-state index in [9.17, 15) is 9.59 Å². The molecule has 1 aromatic carbocycles. The number of thioether (sulfide) groups is 1. The minimum atomic E-state index is -0.0312. The van der Waals surface area contributed by atoms with Gasteiger partial charge in [-0.05, 0) is 74.3 Å². The number of hydrogen-bond acceptors (Lipinski definition) is 6. The first kappa shape index (κ1) is 23.4. The number of likely N-dealkylation sites (tertiary alicyclic amines) is 1. The molecule has 6 nitrogen and oxygen atoms in total. The highest BCUT2D eigenvalue weighted by Crippen LogP contribution is 2.35. The van der Waals surface area contributed by atoms with Gasteiger partial charge >= 0.3 is 0 Å². The molecule has 0 spiro atoms.